The van der Waals surface area contributed by atoms with Crippen LogP contribution in [0, 0.1) is 11.8 Å². The molecule has 166 valence electrons. The predicted octanol–water partition coefficient (Wildman–Crippen LogP) is 4.39. The molecule has 0 saturated carbocycles. The van der Waals surface area contributed by atoms with Gasteiger partial charge in [0.1, 0.15) is 0 Å². The van der Waals surface area contributed by atoms with Crippen molar-refractivity contribution >= 4 is 35.1 Å². The molecule has 0 spiro atoms. The Bertz CT molecular complexity index is 721. The Morgan fingerprint density at radius 2 is 1.43 bits per heavy atom. The summed E-state index contributed by atoms with van der Waals surface area (Å²) in [6, 6.07) is 4.47. The van der Waals surface area contributed by atoms with Gasteiger partial charge in [0.15, 0.2) is 0 Å². The molecule has 0 aliphatic rings. The van der Waals surface area contributed by atoms with Crippen molar-refractivity contribution in [3.8, 4) is 11.5 Å². The molecular formula is C21H29AsO8. The van der Waals surface area contributed by atoms with E-state index >= 15 is 0 Å². The molecule has 1 aromatic carbocycles. The quantitative estimate of drug-likeness (QED) is 0.280. The summed E-state index contributed by atoms with van der Waals surface area (Å²) in [5, 5.41) is 9.09. The van der Waals surface area contributed by atoms with Crippen LogP contribution in [0.1, 0.15) is 46.1 Å². The van der Waals surface area contributed by atoms with Gasteiger partial charge in [-0.25, -0.2) is 0 Å². The molecule has 3 atom stereocenters. The summed E-state index contributed by atoms with van der Waals surface area (Å²) in [6.07, 6.45) is 0.0129. The van der Waals surface area contributed by atoms with Gasteiger partial charge >= 0.3 is 179 Å². The van der Waals surface area contributed by atoms with E-state index in [1.54, 1.807) is 6.07 Å². The number of aliphatic carboxylic acids is 1. The minimum atomic E-state index is -0.973. The zero-order chi connectivity index (χ0) is 22.7. The Morgan fingerprint density at radius 3 is 1.90 bits per heavy atom. The van der Waals surface area contributed by atoms with Gasteiger partial charge in [-0.1, -0.05) is 6.92 Å². The Labute approximate surface area is 185 Å². The van der Waals surface area contributed by atoms with Crippen molar-refractivity contribution in [1.82, 2.24) is 0 Å². The molecule has 0 aliphatic heterocycles. The molecule has 1 aromatic rings. The fraction of sp³-hybridized carbons (Fsp3) is 0.571. The van der Waals surface area contributed by atoms with Gasteiger partial charge in [0.25, 0.3) is 0 Å². The van der Waals surface area contributed by atoms with Gasteiger partial charge in [-0.3, -0.25) is 0 Å². The normalized spacial score (nSPS) is 13.6. The number of hydrogen-bond donors (Lipinski definition) is 1. The maximum atomic E-state index is 12.1. The summed E-state index contributed by atoms with van der Waals surface area (Å²) >= 11 is 2.07. The number of rotatable bonds is 11. The van der Waals surface area contributed by atoms with Crippen LogP contribution in [0.15, 0.2) is 18.2 Å². The van der Waals surface area contributed by atoms with E-state index in [0.29, 0.717) is 5.56 Å². The zero-order valence-corrected chi connectivity index (χ0v) is 19.6. The molecule has 0 fully saturated rings. The van der Waals surface area contributed by atoms with Gasteiger partial charge in [-0.15, -0.1) is 0 Å². The van der Waals surface area contributed by atoms with Gasteiger partial charge in [0.05, 0.1) is 0 Å². The first-order valence-electron chi connectivity index (χ1n) is 9.89. The summed E-state index contributed by atoms with van der Waals surface area (Å²) in [7, 11) is 0. The Hall–Kier alpha value is -2.21. The minimum absolute atomic E-state index is 0.0224. The van der Waals surface area contributed by atoms with E-state index in [9.17, 15) is 14.4 Å². The van der Waals surface area contributed by atoms with Crippen LogP contribution < -0.4 is 9.47 Å². The SMILES string of the molecule is CCC(C)COC(=O)Oc1ccc(C[C@H]([As])C(=O)O)cc1OC(=O)OCC(C)CC. The van der Waals surface area contributed by atoms with Crippen molar-refractivity contribution in [2.75, 3.05) is 13.2 Å². The van der Waals surface area contributed by atoms with Gasteiger partial charge in [-0.05, 0) is 0 Å². The average molecular weight is 484 g/mol. The fourth-order valence-corrected chi connectivity index (χ4v) is 2.49. The van der Waals surface area contributed by atoms with E-state index in [4.69, 9.17) is 24.1 Å². The Balaban J connectivity index is 2.94. The van der Waals surface area contributed by atoms with Crippen LogP contribution in [0.4, 0.5) is 9.59 Å². The van der Waals surface area contributed by atoms with Crippen LogP contribution >= 0.6 is 0 Å². The summed E-state index contributed by atoms with van der Waals surface area (Å²) in [5.74, 6) is -0.691. The van der Waals surface area contributed by atoms with E-state index in [2.05, 4.69) is 16.9 Å². The molecule has 0 heterocycles. The van der Waals surface area contributed by atoms with Crippen molar-refractivity contribution in [3.63, 3.8) is 0 Å². The van der Waals surface area contributed by atoms with Crippen LogP contribution in [-0.4, -0.2) is 53.5 Å². The van der Waals surface area contributed by atoms with Crippen LogP contribution in [0.5, 0.6) is 11.5 Å². The number of benzene rings is 1. The number of carbonyl (C=O) groups excluding carboxylic acids is 2. The first-order valence-corrected chi connectivity index (χ1v) is 11.0. The molecule has 0 amide bonds. The van der Waals surface area contributed by atoms with Gasteiger partial charge < -0.3 is 0 Å². The van der Waals surface area contributed by atoms with E-state index in [0.717, 1.165) is 12.8 Å². The van der Waals surface area contributed by atoms with Crippen LogP contribution in [0.25, 0.3) is 0 Å². The van der Waals surface area contributed by atoms with Gasteiger partial charge in [0, 0.05) is 0 Å². The van der Waals surface area contributed by atoms with Crippen molar-refractivity contribution in [2.24, 2.45) is 11.8 Å². The van der Waals surface area contributed by atoms with E-state index in [-0.39, 0.29) is 43.0 Å². The molecule has 1 rings (SSSR count). The predicted molar refractivity (Wildman–Crippen MR) is 110 cm³/mol. The monoisotopic (exact) mass is 484 g/mol. The van der Waals surface area contributed by atoms with Crippen molar-refractivity contribution < 1.29 is 38.4 Å². The summed E-state index contributed by atoms with van der Waals surface area (Å²) in [5.41, 5.74) is 0.591. The Morgan fingerprint density at radius 1 is 0.933 bits per heavy atom. The Kier molecular flexibility index (Phi) is 11.3. The van der Waals surface area contributed by atoms with Crippen molar-refractivity contribution in [1.29, 1.82) is 0 Å². The number of carboxylic acids is 1. The topological polar surface area (TPSA) is 108 Å². The van der Waals surface area contributed by atoms with Crippen LogP contribution in [0.3, 0.4) is 0 Å². The molecule has 8 nitrogen and oxygen atoms in total. The first-order chi connectivity index (χ1) is 14.2. The second kappa shape index (κ2) is 13.2. The summed E-state index contributed by atoms with van der Waals surface area (Å²) in [6.45, 7) is 8.21. The number of hydrogen-bond acceptors (Lipinski definition) is 7. The van der Waals surface area contributed by atoms with Crippen LogP contribution in [-0.2, 0) is 20.7 Å². The maximum absolute atomic E-state index is 12.1. The number of ether oxygens (including phenoxy) is 4. The molecule has 0 saturated heterocycles. The fourth-order valence-electron chi connectivity index (χ4n) is 2.05. The third-order valence-corrected chi connectivity index (χ3v) is 5.32. The standard InChI is InChI=1S/C21H29AsO8/c1-5-13(3)11-27-20(25)29-17-8-7-15(9-16(22)19(23)24)10-18(17)30-21(26)28-12-14(4)6-2/h7-8,10,13-14,16H,5-6,9,11-12H2,1-4H3,(H,23,24)/t13?,14?,16-/m0/s1. The van der Waals surface area contributed by atoms with Crippen LogP contribution in [0.2, 0.25) is 4.71 Å². The molecule has 2 unspecified atom stereocenters. The average Bonchev–Trinajstić information content (AvgIpc) is 2.71. The summed E-state index contributed by atoms with van der Waals surface area (Å²) in [4.78, 5) is 35.1. The molecule has 30 heavy (non-hydrogen) atoms. The van der Waals surface area contributed by atoms with E-state index < -0.39 is 23.0 Å². The summed E-state index contributed by atoms with van der Waals surface area (Å²) < 4.78 is 19.9. The molecule has 1 N–H and O–H groups in total. The van der Waals surface area contributed by atoms with Crippen molar-refractivity contribution in [2.45, 2.75) is 51.7 Å². The third kappa shape index (κ3) is 9.52. The second-order valence-electron chi connectivity index (χ2n) is 7.19. The van der Waals surface area contributed by atoms with Gasteiger partial charge in [0.2, 0.25) is 0 Å². The first kappa shape index (κ1) is 25.8. The molecule has 2 radical (unpaired) electrons. The molecule has 9 heteroatoms. The molecule has 0 bridgehead atoms. The van der Waals surface area contributed by atoms with E-state index in [1.165, 1.54) is 12.1 Å². The van der Waals surface area contributed by atoms with Gasteiger partial charge in [-0.2, -0.15) is 0 Å². The molecule has 0 aromatic heterocycles. The molecular weight excluding hydrogens is 455 g/mol. The molecule has 0 aliphatic carbocycles. The number of carboxylic acid groups (broad SMARTS) is 1. The van der Waals surface area contributed by atoms with E-state index in [1.807, 2.05) is 27.7 Å². The zero-order valence-electron chi connectivity index (χ0n) is 17.8. The second-order valence-corrected chi connectivity index (χ2v) is 8.50. The number of carbonyl (C=O) groups is 3. The van der Waals surface area contributed by atoms with Crippen molar-refractivity contribution in [3.05, 3.63) is 23.8 Å². The third-order valence-electron chi connectivity index (χ3n) is 4.47.